The molecule has 2 heteroatoms. The summed E-state index contributed by atoms with van der Waals surface area (Å²) in [5.41, 5.74) is 0. The average molecular weight is 157 g/mol. The van der Waals surface area contributed by atoms with Crippen LogP contribution in [0.25, 0.3) is 0 Å². The topological polar surface area (TPSA) is 24.1 Å². The van der Waals surface area contributed by atoms with E-state index in [1.165, 1.54) is 6.42 Å². The molecule has 0 spiro atoms. The third-order valence-corrected chi connectivity index (χ3v) is 1.61. The first-order chi connectivity index (χ1) is 5.35. The van der Waals surface area contributed by atoms with E-state index in [9.17, 15) is 0 Å². The minimum absolute atomic E-state index is 0.464. The summed E-state index contributed by atoms with van der Waals surface area (Å²) >= 11 is 0. The zero-order valence-electron chi connectivity index (χ0n) is 7.98. The van der Waals surface area contributed by atoms with Crippen molar-refractivity contribution in [2.45, 2.75) is 46.2 Å². The molecule has 0 rings (SSSR count). The molecule has 1 radical (unpaired) electrons. The maximum absolute atomic E-state index is 3.35. The first-order valence-electron chi connectivity index (χ1n) is 4.66. The van der Waals surface area contributed by atoms with Crippen LogP contribution >= 0.6 is 0 Å². The first kappa shape index (κ1) is 10.9. The molecule has 0 bridgehead atoms. The van der Waals surface area contributed by atoms with Crippen molar-refractivity contribution in [2.75, 3.05) is 6.54 Å². The van der Waals surface area contributed by atoms with E-state index in [-0.39, 0.29) is 0 Å². The molecule has 0 aromatic rings. The van der Waals surface area contributed by atoms with Crippen molar-refractivity contribution in [1.29, 1.82) is 0 Å². The van der Waals surface area contributed by atoms with Gasteiger partial charge < -0.3 is 5.32 Å². The Bertz CT molecular complexity index is 74.0. The van der Waals surface area contributed by atoms with Crippen LogP contribution in [0, 0.1) is 6.54 Å². The van der Waals surface area contributed by atoms with E-state index in [0.29, 0.717) is 6.17 Å². The summed E-state index contributed by atoms with van der Waals surface area (Å²) in [5, 5.41) is 6.68. The van der Waals surface area contributed by atoms with Gasteiger partial charge in [0.2, 0.25) is 0 Å². The Morgan fingerprint density at radius 1 is 1.27 bits per heavy atom. The lowest BCUT2D eigenvalue weighted by Gasteiger charge is -2.16. The normalized spacial score (nSPS) is 13.4. The molecule has 2 N–H and O–H groups in total. The second kappa shape index (κ2) is 8.02. The Morgan fingerprint density at radius 2 is 2.00 bits per heavy atom. The van der Waals surface area contributed by atoms with Gasteiger partial charge in [-0.25, -0.2) is 0 Å². The summed E-state index contributed by atoms with van der Waals surface area (Å²) in [7, 11) is 0. The van der Waals surface area contributed by atoms with Gasteiger partial charge in [-0.1, -0.05) is 27.2 Å². The highest BCUT2D eigenvalue weighted by molar-refractivity contribution is 4.68. The van der Waals surface area contributed by atoms with Gasteiger partial charge in [0, 0.05) is 6.54 Å². The molecule has 0 aliphatic rings. The highest BCUT2D eigenvalue weighted by Gasteiger charge is 2.00. The zero-order chi connectivity index (χ0) is 8.53. The van der Waals surface area contributed by atoms with Gasteiger partial charge in [-0.3, -0.25) is 5.32 Å². The zero-order valence-corrected chi connectivity index (χ0v) is 7.98. The summed E-state index contributed by atoms with van der Waals surface area (Å²) in [4.78, 5) is 0. The molecule has 0 saturated carbocycles. The van der Waals surface area contributed by atoms with Gasteiger partial charge in [0.1, 0.15) is 0 Å². The van der Waals surface area contributed by atoms with E-state index in [1.54, 1.807) is 0 Å². The van der Waals surface area contributed by atoms with E-state index in [2.05, 4.69) is 37.9 Å². The van der Waals surface area contributed by atoms with Gasteiger partial charge in [0.05, 0.1) is 6.17 Å². The van der Waals surface area contributed by atoms with Crippen molar-refractivity contribution in [3.8, 4) is 0 Å². The molecule has 0 heterocycles. The molecule has 67 valence electrons. The fraction of sp³-hybridized carbons (Fsp3) is 0.889. The Hall–Kier alpha value is -0.0800. The van der Waals surface area contributed by atoms with Gasteiger partial charge in [0.15, 0.2) is 0 Å². The van der Waals surface area contributed by atoms with Crippen molar-refractivity contribution in [3.63, 3.8) is 0 Å². The molecule has 1 unspecified atom stereocenters. The van der Waals surface area contributed by atoms with E-state index in [0.717, 1.165) is 19.4 Å². The molecule has 0 amide bonds. The Morgan fingerprint density at radius 3 is 2.45 bits per heavy atom. The molecule has 0 aliphatic heterocycles. The highest BCUT2D eigenvalue weighted by Crippen LogP contribution is 1.92. The molecule has 2 nitrogen and oxygen atoms in total. The number of rotatable bonds is 7. The Labute approximate surface area is 70.8 Å². The van der Waals surface area contributed by atoms with Crippen LogP contribution in [0.1, 0.15) is 40.0 Å². The first-order valence-corrected chi connectivity index (χ1v) is 4.66. The summed E-state index contributed by atoms with van der Waals surface area (Å²) in [5.74, 6) is 0. The second-order valence-corrected chi connectivity index (χ2v) is 2.68. The molecule has 0 aromatic heterocycles. The van der Waals surface area contributed by atoms with E-state index >= 15 is 0 Å². The number of unbranched alkanes of at least 4 members (excludes halogenated alkanes) is 1. The maximum atomic E-state index is 3.35. The second-order valence-electron chi connectivity index (χ2n) is 2.68. The van der Waals surface area contributed by atoms with Crippen LogP contribution < -0.4 is 10.6 Å². The van der Waals surface area contributed by atoms with Crippen molar-refractivity contribution < 1.29 is 0 Å². The number of hydrogen-bond donors (Lipinski definition) is 2. The Kier molecular flexibility index (Phi) is 7.96. The SMILES string of the molecule is CCC[CH]NC(CC)NCC. The number of hydrogen-bond acceptors (Lipinski definition) is 2. The third-order valence-electron chi connectivity index (χ3n) is 1.61. The highest BCUT2D eigenvalue weighted by atomic mass is 15.1. The monoisotopic (exact) mass is 157 g/mol. The van der Waals surface area contributed by atoms with E-state index in [4.69, 9.17) is 0 Å². The predicted octanol–water partition coefficient (Wildman–Crippen LogP) is 1.88. The van der Waals surface area contributed by atoms with Gasteiger partial charge >= 0.3 is 0 Å². The van der Waals surface area contributed by atoms with E-state index in [1.807, 2.05) is 0 Å². The van der Waals surface area contributed by atoms with Crippen molar-refractivity contribution >= 4 is 0 Å². The van der Waals surface area contributed by atoms with Crippen LogP contribution in [-0.4, -0.2) is 12.7 Å². The lowest BCUT2D eigenvalue weighted by atomic mass is 10.3. The molecular formula is C9H21N2. The average Bonchev–Trinajstić information content (AvgIpc) is 2.03. The van der Waals surface area contributed by atoms with Gasteiger partial charge in [0.25, 0.3) is 0 Å². The quantitative estimate of drug-likeness (QED) is 0.435. The molecule has 0 aromatic carbocycles. The van der Waals surface area contributed by atoms with E-state index < -0.39 is 0 Å². The largest absolute Gasteiger partial charge is 0.302 e. The molecule has 1 atom stereocenters. The predicted molar refractivity (Wildman–Crippen MR) is 50.1 cm³/mol. The summed E-state index contributed by atoms with van der Waals surface area (Å²) in [6.07, 6.45) is 3.97. The fourth-order valence-electron chi connectivity index (χ4n) is 0.937. The smallest absolute Gasteiger partial charge is 0.0571 e. The van der Waals surface area contributed by atoms with Crippen LogP contribution in [0.15, 0.2) is 0 Å². The fourth-order valence-corrected chi connectivity index (χ4v) is 0.937. The van der Waals surface area contributed by atoms with Crippen LogP contribution in [0.2, 0.25) is 0 Å². The lowest BCUT2D eigenvalue weighted by molar-refractivity contribution is 0.447. The van der Waals surface area contributed by atoms with Crippen LogP contribution in [0.3, 0.4) is 0 Å². The van der Waals surface area contributed by atoms with Gasteiger partial charge in [-0.15, -0.1) is 0 Å². The van der Waals surface area contributed by atoms with Crippen LogP contribution in [0.4, 0.5) is 0 Å². The van der Waals surface area contributed by atoms with Gasteiger partial charge in [-0.2, -0.15) is 0 Å². The van der Waals surface area contributed by atoms with Crippen molar-refractivity contribution in [2.24, 2.45) is 0 Å². The van der Waals surface area contributed by atoms with Gasteiger partial charge in [-0.05, 0) is 19.4 Å². The lowest BCUT2D eigenvalue weighted by Crippen LogP contribution is -2.40. The van der Waals surface area contributed by atoms with Crippen LogP contribution in [0.5, 0.6) is 0 Å². The molecule has 0 fully saturated rings. The summed E-state index contributed by atoms with van der Waals surface area (Å²) in [6, 6.07) is 0. The maximum Gasteiger partial charge on any atom is 0.0571 e. The minimum atomic E-state index is 0.464. The molecule has 11 heavy (non-hydrogen) atoms. The summed E-state index contributed by atoms with van der Waals surface area (Å²) in [6.45, 7) is 9.68. The van der Waals surface area contributed by atoms with Crippen molar-refractivity contribution in [1.82, 2.24) is 10.6 Å². The molecular weight excluding hydrogens is 136 g/mol. The molecule has 0 aliphatic carbocycles. The number of nitrogens with one attached hydrogen (secondary N) is 2. The minimum Gasteiger partial charge on any atom is -0.302 e. The van der Waals surface area contributed by atoms with Crippen molar-refractivity contribution in [3.05, 3.63) is 6.54 Å². The molecule has 0 saturated heterocycles. The Balaban J connectivity index is 3.20. The standard InChI is InChI=1S/C9H21N2/c1-4-7-8-11-9(5-2)10-6-3/h8-11H,4-7H2,1-3H3. The third kappa shape index (κ3) is 6.32. The van der Waals surface area contributed by atoms with Crippen LogP contribution in [-0.2, 0) is 0 Å². The summed E-state index contributed by atoms with van der Waals surface area (Å²) < 4.78 is 0.